The maximum Gasteiger partial charge on any atom is 0.573 e. The molecule has 0 bridgehead atoms. The Balaban J connectivity index is 2.24. The fourth-order valence-electron chi connectivity index (χ4n) is 1.39. The average Bonchev–Trinajstić information content (AvgIpc) is 2.40. The second-order valence-corrected chi connectivity index (χ2v) is 3.65. The van der Waals surface area contributed by atoms with Gasteiger partial charge in [-0.3, -0.25) is 4.98 Å². The predicted molar refractivity (Wildman–Crippen MR) is 63.1 cm³/mol. The monoisotopic (exact) mass is 285 g/mol. The normalized spacial score (nSPS) is 11.2. The van der Waals surface area contributed by atoms with Crippen molar-refractivity contribution in [2.75, 3.05) is 0 Å². The summed E-state index contributed by atoms with van der Waals surface area (Å²) >= 11 is 0. The van der Waals surface area contributed by atoms with Crippen molar-refractivity contribution >= 4 is 0 Å². The molecule has 0 aliphatic carbocycles. The molecule has 0 saturated heterocycles. The minimum Gasteiger partial charge on any atom is -0.434 e. The second kappa shape index (κ2) is 5.74. The fourth-order valence-corrected chi connectivity index (χ4v) is 1.39. The van der Waals surface area contributed by atoms with E-state index in [-0.39, 0.29) is 18.2 Å². The van der Waals surface area contributed by atoms with Crippen LogP contribution in [0.25, 0.3) is 0 Å². The minimum atomic E-state index is -4.80. The molecular formula is C12H10F3N3O2. The Morgan fingerprint density at radius 1 is 1.10 bits per heavy atom. The van der Waals surface area contributed by atoms with Crippen molar-refractivity contribution in [1.29, 1.82) is 0 Å². The van der Waals surface area contributed by atoms with Crippen LogP contribution < -0.4 is 15.2 Å². The molecular weight excluding hydrogens is 275 g/mol. The highest BCUT2D eigenvalue weighted by atomic mass is 19.4. The Bertz CT molecular complexity index is 590. The molecule has 20 heavy (non-hydrogen) atoms. The van der Waals surface area contributed by atoms with E-state index in [0.29, 0.717) is 5.69 Å². The van der Waals surface area contributed by atoms with Gasteiger partial charge < -0.3 is 15.2 Å². The van der Waals surface area contributed by atoms with Gasteiger partial charge in [0, 0.05) is 12.7 Å². The third-order valence-electron chi connectivity index (χ3n) is 2.16. The lowest BCUT2D eigenvalue weighted by Gasteiger charge is -2.13. The summed E-state index contributed by atoms with van der Waals surface area (Å²) in [4.78, 5) is 7.80. The number of alkyl halides is 3. The van der Waals surface area contributed by atoms with E-state index in [4.69, 9.17) is 10.5 Å². The van der Waals surface area contributed by atoms with Gasteiger partial charge in [0.1, 0.15) is 0 Å². The van der Waals surface area contributed by atoms with E-state index in [1.54, 1.807) is 0 Å². The van der Waals surface area contributed by atoms with Crippen LogP contribution >= 0.6 is 0 Å². The molecule has 0 saturated carbocycles. The van der Waals surface area contributed by atoms with Gasteiger partial charge in [0.15, 0.2) is 11.5 Å². The molecule has 0 spiro atoms. The van der Waals surface area contributed by atoms with Crippen molar-refractivity contribution in [2.45, 2.75) is 12.9 Å². The van der Waals surface area contributed by atoms with Gasteiger partial charge in [0.2, 0.25) is 5.88 Å². The summed E-state index contributed by atoms with van der Waals surface area (Å²) in [5.74, 6) is -0.542. The van der Waals surface area contributed by atoms with Crippen molar-refractivity contribution in [1.82, 2.24) is 9.97 Å². The molecule has 0 radical (unpaired) electrons. The third-order valence-corrected chi connectivity index (χ3v) is 2.16. The van der Waals surface area contributed by atoms with Gasteiger partial charge in [0.05, 0.1) is 11.9 Å². The number of para-hydroxylation sites is 2. The summed E-state index contributed by atoms with van der Waals surface area (Å²) in [6.07, 6.45) is -2.10. The fraction of sp³-hybridized carbons (Fsp3) is 0.167. The zero-order valence-electron chi connectivity index (χ0n) is 10.1. The first-order valence-corrected chi connectivity index (χ1v) is 5.51. The van der Waals surface area contributed by atoms with Crippen molar-refractivity contribution < 1.29 is 22.6 Å². The Kier molecular flexibility index (Phi) is 4.04. The lowest BCUT2D eigenvalue weighted by atomic mass is 10.3. The van der Waals surface area contributed by atoms with Crippen LogP contribution in [0.3, 0.4) is 0 Å². The maximum absolute atomic E-state index is 12.3. The molecule has 0 fully saturated rings. The van der Waals surface area contributed by atoms with E-state index in [2.05, 4.69) is 14.7 Å². The van der Waals surface area contributed by atoms with Crippen LogP contribution in [0.1, 0.15) is 5.69 Å². The number of nitrogens with zero attached hydrogens (tertiary/aromatic N) is 2. The first-order valence-electron chi connectivity index (χ1n) is 5.51. The van der Waals surface area contributed by atoms with E-state index in [1.165, 1.54) is 30.6 Å². The van der Waals surface area contributed by atoms with Crippen LogP contribution in [0.15, 0.2) is 36.7 Å². The molecule has 5 nitrogen and oxygen atoms in total. The van der Waals surface area contributed by atoms with Gasteiger partial charge >= 0.3 is 6.36 Å². The summed E-state index contributed by atoms with van der Waals surface area (Å²) in [6.45, 7) is 0.144. The number of hydrogen-bond acceptors (Lipinski definition) is 5. The number of nitrogens with two attached hydrogens (primary N) is 1. The average molecular weight is 285 g/mol. The molecule has 2 rings (SSSR count). The molecule has 0 aliphatic heterocycles. The first-order chi connectivity index (χ1) is 9.48. The minimum absolute atomic E-state index is 0.0335. The standard InChI is InChI=1S/C12H10F3N3O2/c13-12(14,15)20-10-4-2-1-3-9(10)19-11-7-17-6-8(5-16)18-11/h1-4,6-7H,5,16H2. The summed E-state index contributed by atoms with van der Waals surface area (Å²) in [5, 5.41) is 0. The highest BCUT2D eigenvalue weighted by Gasteiger charge is 2.32. The summed E-state index contributed by atoms with van der Waals surface area (Å²) < 4.78 is 45.9. The molecule has 0 aliphatic rings. The predicted octanol–water partition coefficient (Wildman–Crippen LogP) is 2.63. The second-order valence-electron chi connectivity index (χ2n) is 3.65. The third kappa shape index (κ3) is 3.82. The number of benzene rings is 1. The SMILES string of the molecule is NCc1cncc(Oc2ccccc2OC(F)(F)F)n1. The van der Waals surface area contributed by atoms with Gasteiger partial charge in [-0.2, -0.15) is 0 Å². The van der Waals surface area contributed by atoms with Crippen LogP contribution in [0.5, 0.6) is 17.4 Å². The van der Waals surface area contributed by atoms with Crippen LogP contribution in [0, 0.1) is 0 Å². The number of halogens is 3. The molecule has 0 unspecified atom stereocenters. The van der Waals surface area contributed by atoms with Gasteiger partial charge in [-0.15, -0.1) is 13.2 Å². The Hall–Kier alpha value is -2.35. The lowest BCUT2D eigenvalue weighted by molar-refractivity contribution is -0.275. The quantitative estimate of drug-likeness (QED) is 0.935. The molecule has 0 atom stereocenters. The summed E-state index contributed by atoms with van der Waals surface area (Å²) in [7, 11) is 0. The zero-order valence-corrected chi connectivity index (χ0v) is 10.1. The van der Waals surface area contributed by atoms with Crippen LogP contribution in [0.2, 0.25) is 0 Å². The topological polar surface area (TPSA) is 70.3 Å². The van der Waals surface area contributed by atoms with E-state index in [0.717, 1.165) is 6.07 Å². The van der Waals surface area contributed by atoms with Gasteiger partial charge in [-0.1, -0.05) is 12.1 Å². The zero-order chi connectivity index (χ0) is 14.6. The van der Waals surface area contributed by atoms with Crippen molar-refractivity contribution in [3.63, 3.8) is 0 Å². The molecule has 8 heteroatoms. The van der Waals surface area contributed by atoms with E-state index >= 15 is 0 Å². The van der Waals surface area contributed by atoms with Crippen molar-refractivity contribution in [3.05, 3.63) is 42.4 Å². The summed E-state index contributed by atoms with van der Waals surface area (Å²) in [6, 6.07) is 5.38. The number of aromatic nitrogens is 2. The van der Waals surface area contributed by atoms with Gasteiger partial charge in [-0.05, 0) is 12.1 Å². The first kappa shape index (κ1) is 14.1. The van der Waals surface area contributed by atoms with E-state index in [1.807, 2.05) is 0 Å². The van der Waals surface area contributed by atoms with Crippen LogP contribution in [0.4, 0.5) is 13.2 Å². The molecule has 0 amide bonds. The summed E-state index contributed by atoms with van der Waals surface area (Å²) in [5.41, 5.74) is 5.85. The van der Waals surface area contributed by atoms with Crippen molar-refractivity contribution in [3.8, 4) is 17.4 Å². The largest absolute Gasteiger partial charge is 0.573 e. The Morgan fingerprint density at radius 3 is 2.45 bits per heavy atom. The van der Waals surface area contributed by atoms with E-state index in [9.17, 15) is 13.2 Å². The highest BCUT2D eigenvalue weighted by molar-refractivity contribution is 5.41. The van der Waals surface area contributed by atoms with Gasteiger partial charge in [-0.25, -0.2) is 4.98 Å². The lowest BCUT2D eigenvalue weighted by Crippen LogP contribution is -2.17. The molecule has 1 heterocycles. The number of hydrogen-bond donors (Lipinski definition) is 1. The Morgan fingerprint density at radius 2 is 1.80 bits per heavy atom. The highest BCUT2D eigenvalue weighted by Crippen LogP contribution is 2.34. The molecule has 1 aromatic carbocycles. The molecule has 106 valence electrons. The van der Waals surface area contributed by atoms with Crippen molar-refractivity contribution in [2.24, 2.45) is 5.73 Å². The molecule has 2 N–H and O–H groups in total. The molecule has 1 aromatic heterocycles. The smallest absolute Gasteiger partial charge is 0.434 e. The number of ether oxygens (including phenoxy) is 2. The van der Waals surface area contributed by atoms with Gasteiger partial charge in [0.25, 0.3) is 0 Å². The maximum atomic E-state index is 12.3. The molecule has 2 aromatic rings. The van der Waals surface area contributed by atoms with Crippen LogP contribution in [-0.4, -0.2) is 16.3 Å². The van der Waals surface area contributed by atoms with Crippen LogP contribution in [-0.2, 0) is 6.54 Å². The van der Waals surface area contributed by atoms with E-state index < -0.39 is 12.1 Å². The number of rotatable bonds is 4. The Labute approximate surface area is 112 Å².